The lowest BCUT2D eigenvalue weighted by Crippen LogP contribution is -2.26. The summed E-state index contributed by atoms with van der Waals surface area (Å²) in [5.74, 6) is -0.478. The summed E-state index contributed by atoms with van der Waals surface area (Å²) < 4.78 is 30.0. The Bertz CT molecular complexity index is 1700. The van der Waals surface area contributed by atoms with Crippen molar-refractivity contribution in [2.45, 2.75) is 10.1 Å². The molecule has 2 heterocycles. The fourth-order valence-electron chi connectivity index (χ4n) is 3.45. The van der Waals surface area contributed by atoms with Gasteiger partial charge in [0.15, 0.2) is 0 Å². The molecule has 0 radical (unpaired) electrons. The fourth-order valence-corrected chi connectivity index (χ4v) is 7.53. The molecule has 0 aliphatic heterocycles. The first-order chi connectivity index (χ1) is 15.7. The Morgan fingerprint density at radius 2 is 1.73 bits per heavy atom. The zero-order valence-electron chi connectivity index (χ0n) is 16.5. The van der Waals surface area contributed by atoms with Crippen molar-refractivity contribution in [1.82, 2.24) is 14.5 Å². The number of aromatic nitrogens is 3. The molecule has 3 aromatic carbocycles. The van der Waals surface area contributed by atoms with Crippen LogP contribution in [0.25, 0.3) is 26.8 Å². The van der Waals surface area contributed by atoms with Crippen molar-refractivity contribution in [1.29, 1.82) is 0 Å². The predicted molar refractivity (Wildman–Crippen MR) is 138 cm³/mol. The van der Waals surface area contributed by atoms with E-state index in [0.29, 0.717) is 36.1 Å². The number of benzene rings is 3. The quantitative estimate of drug-likeness (QED) is 0.240. The molecule has 0 fully saturated rings. The molecule has 166 valence electrons. The predicted octanol–water partition coefficient (Wildman–Crippen LogP) is 6.15. The number of rotatable bonds is 4. The molecular weight excluding hydrogens is 614 g/mol. The number of halogens is 3. The molecule has 0 spiro atoms. The maximum absolute atomic E-state index is 13.6. The van der Waals surface area contributed by atoms with Gasteiger partial charge in [0.05, 0.1) is 31.8 Å². The molecule has 0 unspecified atom stereocenters. The first-order valence-electron chi connectivity index (χ1n) is 9.48. The van der Waals surface area contributed by atoms with E-state index in [1.165, 1.54) is 4.57 Å². The molecule has 0 N–H and O–H groups in total. The number of hydrogen-bond acceptors (Lipinski definition) is 6. The van der Waals surface area contributed by atoms with Crippen LogP contribution in [0, 0.1) is 0 Å². The zero-order valence-corrected chi connectivity index (χ0v) is 22.1. The highest BCUT2D eigenvalue weighted by molar-refractivity contribution is 9.11. The van der Waals surface area contributed by atoms with Gasteiger partial charge in [-0.2, -0.15) is 0 Å². The maximum atomic E-state index is 13.6. The smallest absolute Gasteiger partial charge is 0.266 e. The highest BCUT2D eigenvalue weighted by Crippen LogP contribution is 2.30. The average molecular weight is 626 g/mol. The molecule has 0 bridgehead atoms. The third-order valence-corrected chi connectivity index (χ3v) is 9.40. The lowest BCUT2D eigenvalue weighted by Gasteiger charge is -2.15. The summed E-state index contributed by atoms with van der Waals surface area (Å²) in [4.78, 5) is 22.5. The first-order valence-corrected chi connectivity index (χ1v) is 13.9. The molecule has 11 heteroatoms. The van der Waals surface area contributed by atoms with E-state index in [0.717, 1.165) is 16.0 Å². The van der Waals surface area contributed by atoms with Crippen molar-refractivity contribution in [2.75, 3.05) is 0 Å². The van der Waals surface area contributed by atoms with Gasteiger partial charge in [0.2, 0.25) is 14.2 Å². The summed E-state index contributed by atoms with van der Waals surface area (Å²) >= 11 is 14.3. The summed E-state index contributed by atoms with van der Waals surface area (Å²) in [6, 6.07) is 17.3. The standard InChI is InChI=1S/C22H12Br2ClN3O3S2/c23-12-9-13-20(14(24)10-12)27-19(28(21(13)29)17-7-3-1-5-15(17)25)11-33(30,31)22-26-16-6-2-4-8-18(16)32-22/h1-10H,11H2. The zero-order chi connectivity index (χ0) is 23.3. The maximum Gasteiger partial charge on any atom is 0.266 e. The second-order valence-corrected chi connectivity index (χ2v) is 12.5. The van der Waals surface area contributed by atoms with Gasteiger partial charge >= 0.3 is 0 Å². The molecule has 5 aromatic rings. The van der Waals surface area contributed by atoms with E-state index in [1.807, 2.05) is 12.1 Å². The first kappa shape index (κ1) is 22.7. The second-order valence-electron chi connectivity index (χ2n) is 7.11. The van der Waals surface area contributed by atoms with Gasteiger partial charge < -0.3 is 0 Å². The summed E-state index contributed by atoms with van der Waals surface area (Å²) in [5, 5.41) is 0.616. The third-order valence-electron chi connectivity index (χ3n) is 4.91. The van der Waals surface area contributed by atoms with Crippen molar-refractivity contribution < 1.29 is 8.42 Å². The normalized spacial score (nSPS) is 12.0. The van der Waals surface area contributed by atoms with E-state index < -0.39 is 21.1 Å². The van der Waals surface area contributed by atoms with Crippen LogP contribution in [0.15, 0.2) is 78.7 Å². The monoisotopic (exact) mass is 623 g/mol. The van der Waals surface area contributed by atoms with Crippen LogP contribution in [-0.2, 0) is 15.6 Å². The van der Waals surface area contributed by atoms with E-state index in [2.05, 4.69) is 41.8 Å². The number of hydrogen-bond donors (Lipinski definition) is 0. The van der Waals surface area contributed by atoms with Gasteiger partial charge in [0.1, 0.15) is 11.6 Å². The second kappa shape index (κ2) is 8.59. The van der Waals surface area contributed by atoms with Gasteiger partial charge in [0.25, 0.3) is 5.56 Å². The minimum absolute atomic E-state index is 0.0290. The Kier molecular flexibility index (Phi) is 5.90. The SMILES string of the molecule is O=c1c2cc(Br)cc(Br)c2nc(CS(=O)(=O)c2nc3ccccc3s2)n1-c1ccccc1Cl. The topological polar surface area (TPSA) is 81.9 Å². The van der Waals surface area contributed by atoms with Crippen LogP contribution in [0.1, 0.15) is 5.82 Å². The van der Waals surface area contributed by atoms with Crippen LogP contribution < -0.4 is 5.56 Å². The minimum Gasteiger partial charge on any atom is -0.268 e. The number of thiazole rings is 1. The molecule has 0 aliphatic rings. The van der Waals surface area contributed by atoms with Crippen LogP contribution in [0.2, 0.25) is 5.02 Å². The Morgan fingerprint density at radius 3 is 2.48 bits per heavy atom. The number of para-hydroxylation sites is 2. The highest BCUT2D eigenvalue weighted by Gasteiger charge is 2.26. The highest BCUT2D eigenvalue weighted by atomic mass is 79.9. The van der Waals surface area contributed by atoms with Gasteiger partial charge in [-0.05, 0) is 52.3 Å². The van der Waals surface area contributed by atoms with Crippen LogP contribution >= 0.6 is 54.8 Å². The Labute approximate surface area is 214 Å². The summed E-state index contributed by atoms with van der Waals surface area (Å²) in [7, 11) is -3.91. The van der Waals surface area contributed by atoms with E-state index >= 15 is 0 Å². The molecule has 5 rings (SSSR count). The van der Waals surface area contributed by atoms with Crippen LogP contribution in [0.4, 0.5) is 0 Å². The summed E-state index contributed by atoms with van der Waals surface area (Å²) in [6.45, 7) is 0. The van der Waals surface area contributed by atoms with Crippen molar-refractivity contribution in [3.8, 4) is 5.69 Å². The Balaban J connectivity index is 1.77. The molecule has 0 aliphatic carbocycles. The lowest BCUT2D eigenvalue weighted by atomic mass is 10.2. The van der Waals surface area contributed by atoms with E-state index in [4.69, 9.17) is 11.6 Å². The molecule has 33 heavy (non-hydrogen) atoms. The van der Waals surface area contributed by atoms with Gasteiger partial charge in [-0.3, -0.25) is 9.36 Å². The molecule has 0 saturated carbocycles. The Hall–Kier alpha value is -2.11. The fraction of sp³-hybridized carbons (Fsp3) is 0.0455. The van der Waals surface area contributed by atoms with E-state index in [-0.39, 0.29) is 10.2 Å². The third kappa shape index (κ3) is 4.15. The van der Waals surface area contributed by atoms with E-state index in [9.17, 15) is 13.2 Å². The molecule has 2 aromatic heterocycles. The number of sulfone groups is 1. The summed E-state index contributed by atoms with van der Waals surface area (Å²) in [5.41, 5.74) is 0.887. The van der Waals surface area contributed by atoms with E-state index in [1.54, 1.807) is 48.5 Å². The van der Waals surface area contributed by atoms with Crippen LogP contribution in [0.3, 0.4) is 0 Å². The lowest BCUT2D eigenvalue weighted by molar-refractivity contribution is 0.592. The minimum atomic E-state index is -3.91. The van der Waals surface area contributed by atoms with Gasteiger partial charge in [-0.25, -0.2) is 18.4 Å². The molecule has 0 atom stereocenters. The Morgan fingerprint density at radius 1 is 1.00 bits per heavy atom. The van der Waals surface area contributed by atoms with Gasteiger partial charge in [0, 0.05) is 8.95 Å². The molecular formula is C22H12Br2ClN3O3S2. The molecule has 0 amide bonds. The van der Waals surface area contributed by atoms with Crippen LogP contribution in [-0.4, -0.2) is 23.0 Å². The number of fused-ring (bicyclic) bond motifs is 2. The largest absolute Gasteiger partial charge is 0.268 e. The van der Waals surface area contributed by atoms with Crippen molar-refractivity contribution in [3.05, 3.63) is 90.8 Å². The van der Waals surface area contributed by atoms with Gasteiger partial charge in [-0.15, -0.1) is 11.3 Å². The summed E-state index contributed by atoms with van der Waals surface area (Å²) in [6.07, 6.45) is 0. The van der Waals surface area contributed by atoms with Crippen molar-refractivity contribution >= 4 is 85.8 Å². The number of nitrogens with zero attached hydrogens (tertiary/aromatic N) is 3. The van der Waals surface area contributed by atoms with Crippen molar-refractivity contribution in [2.24, 2.45) is 0 Å². The molecule has 0 saturated heterocycles. The van der Waals surface area contributed by atoms with Crippen LogP contribution in [0.5, 0.6) is 0 Å². The van der Waals surface area contributed by atoms with Crippen molar-refractivity contribution in [3.63, 3.8) is 0 Å². The van der Waals surface area contributed by atoms with Gasteiger partial charge in [-0.1, -0.05) is 51.8 Å². The molecule has 6 nitrogen and oxygen atoms in total. The average Bonchev–Trinajstić information content (AvgIpc) is 3.21.